The topological polar surface area (TPSA) is 94.9 Å². The zero-order valence-corrected chi connectivity index (χ0v) is 23.1. The Kier molecular flexibility index (Phi) is 7.04. The molecule has 5 aromatic rings. The maximum Gasteiger partial charge on any atom is 0.278 e. The van der Waals surface area contributed by atoms with Crippen LogP contribution < -0.4 is 10.9 Å². The van der Waals surface area contributed by atoms with Crippen molar-refractivity contribution in [3.05, 3.63) is 84.7 Å². The number of amides is 1. The highest BCUT2D eigenvalue weighted by atomic mass is 35.5. The van der Waals surface area contributed by atoms with Gasteiger partial charge in [-0.15, -0.1) is 0 Å². The van der Waals surface area contributed by atoms with Gasteiger partial charge in [0.05, 0.1) is 11.4 Å². The Morgan fingerprint density at radius 3 is 2.51 bits per heavy atom. The van der Waals surface area contributed by atoms with Crippen LogP contribution in [0, 0.1) is 24.7 Å². The molecular formula is C25H20ClN5O3S3. The molecule has 1 N–H and O–H groups in total. The molecule has 0 radical (unpaired) electrons. The summed E-state index contributed by atoms with van der Waals surface area (Å²) in [6, 6.07) is 14.7. The van der Waals surface area contributed by atoms with E-state index in [2.05, 4.69) is 10.5 Å². The van der Waals surface area contributed by atoms with Gasteiger partial charge in [-0.25, -0.2) is 4.98 Å². The van der Waals surface area contributed by atoms with Crippen molar-refractivity contribution in [3.8, 4) is 11.4 Å². The number of nitrogens with one attached hydrogen (secondary N) is 1. The van der Waals surface area contributed by atoms with E-state index in [1.54, 1.807) is 23.6 Å². The summed E-state index contributed by atoms with van der Waals surface area (Å²) in [7, 11) is 0. The Morgan fingerprint density at radius 1 is 1.11 bits per heavy atom. The Labute approximate surface area is 229 Å². The minimum Gasteiger partial charge on any atom is -0.360 e. The number of nitrogens with zero attached hydrogens (tertiary/aromatic N) is 4. The molecule has 0 saturated carbocycles. The number of hydrogen-bond donors (Lipinski definition) is 1. The second-order valence-corrected chi connectivity index (χ2v) is 11.3. The number of hydrogen-bond acceptors (Lipinski definition) is 8. The molecule has 0 atom stereocenters. The molecule has 0 unspecified atom stereocenters. The summed E-state index contributed by atoms with van der Waals surface area (Å²) >= 11 is 14.2. The van der Waals surface area contributed by atoms with E-state index in [0.717, 1.165) is 28.6 Å². The SMILES string of the molecule is Cc1ccc(-n2c(SCC(=O)Nc3cc(C)on3)nc3c(sc(=S)n3-c3ccc(Cl)c(C)c3)c2=O)cc1. The fourth-order valence-corrected chi connectivity index (χ4v) is 5.91. The Hall–Kier alpha value is -3.25. The Bertz CT molecular complexity index is 1770. The first-order valence-electron chi connectivity index (χ1n) is 11.1. The molecule has 3 heterocycles. The molecule has 0 aliphatic rings. The summed E-state index contributed by atoms with van der Waals surface area (Å²) in [6.07, 6.45) is 0. The van der Waals surface area contributed by atoms with Gasteiger partial charge in [0.2, 0.25) is 5.91 Å². The molecule has 0 aliphatic heterocycles. The highest BCUT2D eigenvalue weighted by Gasteiger charge is 2.20. The van der Waals surface area contributed by atoms with Gasteiger partial charge < -0.3 is 9.84 Å². The van der Waals surface area contributed by atoms with Crippen LogP contribution in [0.4, 0.5) is 5.82 Å². The summed E-state index contributed by atoms with van der Waals surface area (Å²) in [6.45, 7) is 5.61. The van der Waals surface area contributed by atoms with E-state index in [4.69, 9.17) is 33.3 Å². The zero-order valence-electron chi connectivity index (χ0n) is 19.9. The third-order valence-electron chi connectivity index (χ3n) is 5.50. The minimum atomic E-state index is -0.307. The zero-order chi connectivity index (χ0) is 26.3. The number of anilines is 1. The van der Waals surface area contributed by atoms with Crippen LogP contribution in [0.1, 0.15) is 16.9 Å². The van der Waals surface area contributed by atoms with Gasteiger partial charge in [-0.1, -0.05) is 57.6 Å². The van der Waals surface area contributed by atoms with E-state index in [9.17, 15) is 9.59 Å². The van der Waals surface area contributed by atoms with Gasteiger partial charge in [-0.05, 0) is 68.9 Å². The summed E-state index contributed by atoms with van der Waals surface area (Å²) in [5.74, 6) is 0.605. The second-order valence-electron chi connectivity index (χ2n) is 8.32. The van der Waals surface area contributed by atoms with Gasteiger partial charge in [0.1, 0.15) is 10.5 Å². The predicted octanol–water partition coefficient (Wildman–Crippen LogP) is 6.26. The van der Waals surface area contributed by atoms with Crippen molar-refractivity contribution >= 4 is 69.0 Å². The van der Waals surface area contributed by atoms with Crippen LogP contribution in [0.2, 0.25) is 5.02 Å². The molecule has 0 aliphatic carbocycles. The normalized spacial score (nSPS) is 11.2. The summed E-state index contributed by atoms with van der Waals surface area (Å²) in [4.78, 5) is 31.3. The lowest BCUT2D eigenvalue weighted by Gasteiger charge is -2.13. The summed E-state index contributed by atoms with van der Waals surface area (Å²) < 4.78 is 9.19. The van der Waals surface area contributed by atoms with Gasteiger partial charge in [-0.3, -0.25) is 18.7 Å². The molecule has 2 aromatic carbocycles. The number of carbonyl (C=O) groups excluding carboxylic acids is 1. The second kappa shape index (κ2) is 10.3. The lowest BCUT2D eigenvalue weighted by atomic mass is 10.2. The van der Waals surface area contributed by atoms with Crippen LogP contribution in [-0.2, 0) is 4.79 Å². The van der Waals surface area contributed by atoms with Crippen molar-refractivity contribution in [3.63, 3.8) is 0 Å². The van der Waals surface area contributed by atoms with E-state index in [1.807, 2.05) is 50.2 Å². The Morgan fingerprint density at radius 2 is 1.84 bits per heavy atom. The summed E-state index contributed by atoms with van der Waals surface area (Å²) in [5.41, 5.74) is 3.51. The van der Waals surface area contributed by atoms with E-state index in [1.165, 1.54) is 15.9 Å². The average molecular weight is 570 g/mol. The first-order valence-corrected chi connectivity index (χ1v) is 13.7. The molecule has 0 fully saturated rings. The Balaban J connectivity index is 1.62. The fourth-order valence-electron chi connectivity index (χ4n) is 3.68. The minimum absolute atomic E-state index is 0.000633. The molecular weight excluding hydrogens is 550 g/mol. The molecule has 3 aromatic heterocycles. The van der Waals surface area contributed by atoms with Crippen molar-refractivity contribution in [2.75, 3.05) is 11.1 Å². The molecule has 0 saturated heterocycles. The number of aryl methyl sites for hydroxylation is 3. The standard InChI is InChI=1S/C25H20ClN5O3S3/c1-13-4-6-16(7-5-13)31-23(33)21-22(30(25(35)37-21)17-8-9-18(26)14(2)10-17)28-24(31)36-12-20(32)27-19-11-15(3)34-29-19/h4-11H,12H2,1-3H3,(H,27,29,32). The van der Waals surface area contributed by atoms with Crippen LogP contribution in [0.25, 0.3) is 21.7 Å². The smallest absolute Gasteiger partial charge is 0.278 e. The third kappa shape index (κ3) is 5.12. The number of fused-ring (bicyclic) bond motifs is 1. The van der Waals surface area contributed by atoms with Gasteiger partial charge >= 0.3 is 0 Å². The number of rotatable bonds is 6. The average Bonchev–Trinajstić information content (AvgIpc) is 3.42. The largest absolute Gasteiger partial charge is 0.360 e. The molecule has 5 rings (SSSR count). The monoisotopic (exact) mass is 569 g/mol. The van der Waals surface area contributed by atoms with Crippen LogP contribution >= 0.6 is 46.9 Å². The summed E-state index contributed by atoms with van der Waals surface area (Å²) in [5, 5.41) is 7.48. The molecule has 37 heavy (non-hydrogen) atoms. The van der Waals surface area contributed by atoms with Gasteiger partial charge in [-0.2, -0.15) is 0 Å². The number of aromatic nitrogens is 4. The molecule has 1 amide bonds. The van der Waals surface area contributed by atoms with Gasteiger partial charge in [0.15, 0.2) is 20.6 Å². The van der Waals surface area contributed by atoms with Crippen molar-refractivity contribution in [2.24, 2.45) is 0 Å². The lowest BCUT2D eigenvalue weighted by molar-refractivity contribution is -0.113. The fraction of sp³-hybridized carbons (Fsp3) is 0.160. The number of halogens is 1. The van der Waals surface area contributed by atoms with E-state index in [-0.39, 0.29) is 17.2 Å². The van der Waals surface area contributed by atoms with Crippen molar-refractivity contribution < 1.29 is 9.32 Å². The van der Waals surface area contributed by atoms with Crippen LogP contribution in [0.3, 0.4) is 0 Å². The van der Waals surface area contributed by atoms with Crippen LogP contribution in [0.15, 0.2) is 63.0 Å². The predicted molar refractivity (Wildman–Crippen MR) is 150 cm³/mol. The van der Waals surface area contributed by atoms with Gasteiger partial charge in [0.25, 0.3) is 5.56 Å². The van der Waals surface area contributed by atoms with Crippen molar-refractivity contribution in [2.45, 2.75) is 25.9 Å². The number of carbonyl (C=O) groups is 1. The highest BCUT2D eigenvalue weighted by Crippen LogP contribution is 2.29. The maximum absolute atomic E-state index is 13.8. The quantitative estimate of drug-likeness (QED) is 0.146. The van der Waals surface area contributed by atoms with E-state index < -0.39 is 0 Å². The molecule has 8 nitrogen and oxygen atoms in total. The van der Waals surface area contributed by atoms with Crippen molar-refractivity contribution in [1.29, 1.82) is 0 Å². The lowest BCUT2D eigenvalue weighted by Crippen LogP contribution is -2.22. The molecule has 0 bridgehead atoms. The molecule has 12 heteroatoms. The van der Waals surface area contributed by atoms with Crippen LogP contribution in [-0.4, -0.2) is 30.9 Å². The van der Waals surface area contributed by atoms with Crippen LogP contribution in [0.5, 0.6) is 0 Å². The van der Waals surface area contributed by atoms with Gasteiger partial charge in [0, 0.05) is 16.8 Å². The number of thioether (sulfide) groups is 1. The van der Waals surface area contributed by atoms with E-state index >= 15 is 0 Å². The van der Waals surface area contributed by atoms with Crippen molar-refractivity contribution in [1.82, 2.24) is 19.3 Å². The first-order chi connectivity index (χ1) is 17.7. The highest BCUT2D eigenvalue weighted by molar-refractivity contribution is 7.99. The first kappa shape index (κ1) is 25.4. The van der Waals surface area contributed by atoms with E-state index in [0.29, 0.717) is 41.7 Å². The number of benzene rings is 2. The maximum atomic E-state index is 13.8. The third-order valence-corrected chi connectivity index (χ3v) is 8.21. The molecule has 188 valence electrons. The molecule has 0 spiro atoms. The number of thiazole rings is 1.